The van der Waals surface area contributed by atoms with Crippen LogP contribution in [0.3, 0.4) is 0 Å². The lowest BCUT2D eigenvalue weighted by Gasteiger charge is -2.10. The van der Waals surface area contributed by atoms with Crippen LogP contribution < -0.4 is 10.5 Å². The van der Waals surface area contributed by atoms with E-state index < -0.39 is 5.91 Å². The van der Waals surface area contributed by atoms with Gasteiger partial charge in [0.05, 0.1) is 0 Å². The molecule has 2 rings (SSSR count). The van der Waals surface area contributed by atoms with Gasteiger partial charge in [-0.15, -0.1) is 0 Å². The first-order chi connectivity index (χ1) is 10.6. The smallest absolute Gasteiger partial charge is 0.259 e. The number of carbonyl (C=O) groups excluding carboxylic acids is 1. The van der Waals surface area contributed by atoms with Gasteiger partial charge in [-0.25, -0.2) is 0 Å². The molecule has 0 bridgehead atoms. The van der Waals surface area contributed by atoms with E-state index in [1.54, 1.807) is 24.3 Å². The molecule has 22 heavy (non-hydrogen) atoms. The standard InChI is InChI=1S/C17H13ClN2O2/c18-15-6-7-16(22-11-12-4-2-1-3-5-12)13(9-15)8-14(10-19)17(20)21/h1-9H,11H2,(H2,20,21)/b14-8+. The van der Waals surface area contributed by atoms with Crippen molar-refractivity contribution in [1.29, 1.82) is 5.26 Å². The Balaban J connectivity index is 2.28. The molecular weight excluding hydrogens is 300 g/mol. The van der Waals surface area contributed by atoms with Gasteiger partial charge in [0.25, 0.3) is 5.91 Å². The number of nitrogens with two attached hydrogens (primary N) is 1. The molecule has 0 saturated carbocycles. The van der Waals surface area contributed by atoms with Crippen LogP contribution in [0.25, 0.3) is 6.08 Å². The first-order valence-corrected chi connectivity index (χ1v) is 6.86. The molecule has 0 aliphatic heterocycles. The number of amides is 1. The molecule has 2 N–H and O–H groups in total. The van der Waals surface area contributed by atoms with Crippen LogP contribution in [-0.4, -0.2) is 5.91 Å². The maximum atomic E-state index is 11.2. The average molecular weight is 313 g/mol. The Morgan fingerprint density at radius 3 is 2.64 bits per heavy atom. The molecule has 0 heterocycles. The third kappa shape index (κ3) is 4.11. The number of nitriles is 1. The number of hydrogen-bond acceptors (Lipinski definition) is 3. The van der Waals surface area contributed by atoms with Crippen molar-refractivity contribution in [2.45, 2.75) is 6.61 Å². The summed E-state index contributed by atoms with van der Waals surface area (Å²) in [4.78, 5) is 11.2. The van der Waals surface area contributed by atoms with Gasteiger partial charge in [-0.05, 0) is 29.8 Å². The van der Waals surface area contributed by atoms with E-state index in [9.17, 15) is 4.79 Å². The van der Waals surface area contributed by atoms with Crippen molar-refractivity contribution in [3.8, 4) is 11.8 Å². The highest BCUT2D eigenvalue weighted by Gasteiger charge is 2.08. The van der Waals surface area contributed by atoms with Crippen LogP contribution >= 0.6 is 11.6 Å². The molecule has 2 aromatic rings. The van der Waals surface area contributed by atoms with Crippen molar-refractivity contribution in [3.05, 3.63) is 70.3 Å². The predicted octanol–water partition coefficient (Wildman–Crippen LogP) is 3.31. The third-order valence-corrected chi connectivity index (χ3v) is 3.13. The van der Waals surface area contributed by atoms with Gasteiger partial charge in [0.2, 0.25) is 0 Å². The summed E-state index contributed by atoms with van der Waals surface area (Å²) >= 11 is 5.96. The molecule has 0 saturated heterocycles. The van der Waals surface area contributed by atoms with Gasteiger partial charge in [-0.3, -0.25) is 4.79 Å². The van der Waals surface area contributed by atoms with Crippen molar-refractivity contribution in [2.75, 3.05) is 0 Å². The molecule has 5 heteroatoms. The predicted molar refractivity (Wildman–Crippen MR) is 85.0 cm³/mol. The summed E-state index contributed by atoms with van der Waals surface area (Å²) in [6.07, 6.45) is 1.37. The van der Waals surface area contributed by atoms with E-state index in [1.165, 1.54) is 6.08 Å². The Morgan fingerprint density at radius 2 is 2.00 bits per heavy atom. The van der Waals surface area contributed by atoms with Gasteiger partial charge < -0.3 is 10.5 Å². The highest BCUT2D eigenvalue weighted by atomic mass is 35.5. The monoisotopic (exact) mass is 312 g/mol. The van der Waals surface area contributed by atoms with Crippen LogP contribution in [0.5, 0.6) is 5.75 Å². The number of rotatable bonds is 5. The van der Waals surface area contributed by atoms with Crippen molar-refractivity contribution < 1.29 is 9.53 Å². The summed E-state index contributed by atoms with van der Waals surface area (Å²) in [5, 5.41) is 9.41. The first-order valence-electron chi connectivity index (χ1n) is 6.48. The Labute approximate surface area is 133 Å². The van der Waals surface area contributed by atoms with Crippen LogP contribution in [0.1, 0.15) is 11.1 Å². The van der Waals surface area contributed by atoms with Crippen LogP contribution in [0, 0.1) is 11.3 Å². The summed E-state index contributed by atoms with van der Waals surface area (Å²) in [5.41, 5.74) is 6.51. The number of benzene rings is 2. The number of hydrogen-bond donors (Lipinski definition) is 1. The normalized spacial score (nSPS) is 10.8. The second-order valence-corrected chi connectivity index (χ2v) is 4.93. The highest BCUT2D eigenvalue weighted by molar-refractivity contribution is 6.30. The van der Waals surface area contributed by atoms with Gasteiger partial charge in [0.15, 0.2) is 0 Å². The van der Waals surface area contributed by atoms with Crippen molar-refractivity contribution in [1.82, 2.24) is 0 Å². The SMILES string of the molecule is N#C/C(=C\c1cc(Cl)ccc1OCc1ccccc1)C(N)=O. The zero-order chi connectivity index (χ0) is 15.9. The molecule has 2 aromatic carbocycles. The quantitative estimate of drug-likeness (QED) is 0.679. The summed E-state index contributed by atoms with van der Waals surface area (Å²) in [5.74, 6) is -0.279. The summed E-state index contributed by atoms with van der Waals surface area (Å²) in [7, 11) is 0. The van der Waals surface area contributed by atoms with Crippen LogP contribution in [0.15, 0.2) is 54.1 Å². The summed E-state index contributed by atoms with van der Waals surface area (Å²) in [6, 6.07) is 16.4. The number of ether oxygens (including phenoxy) is 1. The van der Waals surface area contributed by atoms with Crippen molar-refractivity contribution in [2.24, 2.45) is 5.73 Å². The molecule has 0 unspecified atom stereocenters. The Hall–Kier alpha value is -2.77. The lowest BCUT2D eigenvalue weighted by Crippen LogP contribution is -2.12. The fourth-order valence-corrected chi connectivity index (χ4v) is 1.99. The Kier molecular flexibility index (Phi) is 5.18. The lowest BCUT2D eigenvalue weighted by molar-refractivity contribution is -0.114. The van der Waals surface area contributed by atoms with Gasteiger partial charge >= 0.3 is 0 Å². The average Bonchev–Trinajstić information content (AvgIpc) is 2.52. The number of primary amides is 1. The zero-order valence-corrected chi connectivity index (χ0v) is 12.4. The zero-order valence-electron chi connectivity index (χ0n) is 11.6. The molecule has 0 aliphatic carbocycles. The number of carbonyl (C=O) groups is 1. The van der Waals surface area contributed by atoms with E-state index in [0.717, 1.165) is 5.56 Å². The molecule has 0 aromatic heterocycles. The summed E-state index contributed by atoms with van der Waals surface area (Å²) < 4.78 is 5.74. The second-order valence-electron chi connectivity index (χ2n) is 4.49. The Morgan fingerprint density at radius 1 is 1.27 bits per heavy atom. The molecule has 1 amide bonds. The van der Waals surface area contributed by atoms with E-state index in [2.05, 4.69) is 0 Å². The van der Waals surface area contributed by atoms with Gasteiger partial charge in [0, 0.05) is 10.6 Å². The van der Waals surface area contributed by atoms with Gasteiger partial charge in [-0.2, -0.15) is 5.26 Å². The topological polar surface area (TPSA) is 76.1 Å². The van der Waals surface area contributed by atoms with Gasteiger partial charge in [0.1, 0.15) is 24.0 Å². The maximum absolute atomic E-state index is 11.2. The van der Waals surface area contributed by atoms with Crippen LogP contribution in [0.4, 0.5) is 0 Å². The van der Waals surface area contributed by atoms with Gasteiger partial charge in [-0.1, -0.05) is 41.9 Å². The number of nitrogens with zero attached hydrogens (tertiary/aromatic N) is 1. The van der Waals surface area contributed by atoms with E-state index in [4.69, 9.17) is 27.3 Å². The molecule has 0 radical (unpaired) electrons. The largest absolute Gasteiger partial charge is 0.488 e. The molecule has 0 aliphatic rings. The minimum atomic E-state index is -0.795. The molecule has 0 atom stereocenters. The maximum Gasteiger partial charge on any atom is 0.259 e. The third-order valence-electron chi connectivity index (χ3n) is 2.89. The second kappa shape index (κ2) is 7.30. The molecule has 110 valence electrons. The van der Waals surface area contributed by atoms with Crippen molar-refractivity contribution >= 4 is 23.6 Å². The highest BCUT2D eigenvalue weighted by Crippen LogP contribution is 2.26. The fourth-order valence-electron chi connectivity index (χ4n) is 1.81. The minimum Gasteiger partial charge on any atom is -0.488 e. The minimum absolute atomic E-state index is 0.160. The molecule has 0 spiro atoms. The molecule has 4 nitrogen and oxygen atoms in total. The van der Waals surface area contributed by atoms with Crippen LogP contribution in [0.2, 0.25) is 5.02 Å². The van der Waals surface area contributed by atoms with E-state index in [-0.39, 0.29) is 5.57 Å². The molecular formula is C17H13ClN2O2. The van der Waals surface area contributed by atoms with E-state index in [0.29, 0.717) is 22.9 Å². The first kappa shape index (κ1) is 15.6. The molecule has 0 fully saturated rings. The van der Waals surface area contributed by atoms with Crippen LogP contribution in [-0.2, 0) is 11.4 Å². The lowest BCUT2D eigenvalue weighted by atomic mass is 10.1. The van der Waals surface area contributed by atoms with E-state index >= 15 is 0 Å². The summed E-state index contributed by atoms with van der Waals surface area (Å²) in [6.45, 7) is 0.363. The fraction of sp³-hybridized carbons (Fsp3) is 0.0588. The Bertz CT molecular complexity index is 749. The number of halogens is 1. The van der Waals surface area contributed by atoms with E-state index in [1.807, 2.05) is 30.3 Å². The van der Waals surface area contributed by atoms with Crippen molar-refractivity contribution in [3.63, 3.8) is 0 Å².